The molecule has 3 aromatic rings. The number of aromatic nitrogens is 1. The maximum Gasteiger partial charge on any atom is 0.354 e. The first-order valence-electron chi connectivity index (χ1n) is 6.19. The fourth-order valence-electron chi connectivity index (χ4n) is 2.01. The van der Waals surface area contributed by atoms with Gasteiger partial charge in [0.2, 0.25) is 0 Å². The van der Waals surface area contributed by atoms with Gasteiger partial charge in [-0.1, -0.05) is 30.3 Å². The summed E-state index contributed by atoms with van der Waals surface area (Å²) >= 11 is 3.53. The number of hydrogen-bond donors (Lipinski definition) is 1. The molecule has 1 N–H and O–H groups in total. The Morgan fingerprint density at radius 2 is 1.95 bits per heavy atom. The van der Waals surface area contributed by atoms with Crippen LogP contribution in [0.4, 0.5) is 0 Å². The van der Waals surface area contributed by atoms with Gasteiger partial charge in [0.15, 0.2) is 5.69 Å². The highest BCUT2D eigenvalue weighted by Gasteiger charge is 2.09. The minimum Gasteiger partial charge on any atom is -0.477 e. The first kappa shape index (κ1) is 13.6. The summed E-state index contributed by atoms with van der Waals surface area (Å²) in [7, 11) is 0. The summed E-state index contributed by atoms with van der Waals surface area (Å²) in [5, 5.41) is 11.1. The number of hydrogen-bond acceptors (Lipinski definition) is 3. The number of pyridine rings is 1. The van der Waals surface area contributed by atoms with E-state index in [2.05, 4.69) is 20.9 Å². The van der Waals surface area contributed by atoms with E-state index in [1.807, 2.05) is 36.4 Å². The van der Waals surface area contributed by atoms with E-state index in [4.69, 9.17) is 9.84 Å². The third-order valence-corrected chi connectivity index (χ3v) is 3.82. The molecule has 0 fully saturated rings. The summed E-state index contributed by atoms with van der Waals surface area (Å²) in [6.45, 7) is 0. The van der Waals surface area contributed by atoms with Crippen molar-refractivity contribution in [3.05, 3.63) is 64.9 Å². The molecule has 1 aromatic heterocycles. The lowest BCUT2D eigenvalue weighted by Gasteiger charge is -2.10. The fraction of sp³-hybridized carbons (Fsp3) is 0. The zero-order chi connectivity index (χ0) is 14.8. The Labute approximate surface area is 129 Å². The van der Waals surface area contributed by atoms with Crippen LogP contribution < -0.4 is 4.74 Å². The summed E-state index contributed by atoms with van der Waals surface area (Å²) in [6, 6.07) is 14.7. The molecule has 2 aromatic carbocycles. The molecule has 0 aliphatic rings. The Morgan fingerprint density at radius 3 is 2.76 bits per heavy atom. The highest BCUT2D eigenvalue weighted by atomic mass is 79.9. The van der Waals surface area contributed by atoms with Crippen molar-refractivity contribution in [2.24, 2.45) is 0 Å². The number of fused-ring (bicyclic) bond motifs is 1. The number of aromatic carboxylic acids is 1. The molecule has 0 radical (unpaired) electrons. The maximum atomic E-state index is 10.9. The molecule has 1 heterocycles. The van der Waals surface area contributed by atoms with E-state index >= 15 is 0 Å². The maximum absolute atomic E-state index is 10.9. The van der Waals surface area contributed by atoms with E-state index in [0.29, 0.717) is 11.5 Å². The van der Waals surface area contributed by atoms with Gasteiger partial charge in [-0.2, -0.15) is 0 Å². The van der Waals surface area contributed by atoms with E-state index in [1.165, 1.54) is 12.3 Å². The average Bonchev–Trinajstić information content (AvgIpc) is 2.51. The van der Waals surface area contributed by atoms with Crippen LogP contribution in [0.25, 0.3) is 10.8 Å². The second-order valence-corrected chi connectivity index (χ2v) is 5.18. The minimum absolute atomic E-state index is 0.0515. The second kappa shape index (κ2) is 5.54. The first-order chi connectivity index (χ1) is 10.1. The third-order valence-electron chi connectivity index (χ3n) is 3.01. The summed E-state index contributed by atoms with van der Waals surface area (Å²) < 4.78 is 6.59. The van der Waals surface area contributed by atoms with Gasteiger partial charge < -0.3 is 9.84 Å². The molecular formula is C16H10BrNO3. The molecule has 0 spiro atoms. The molecule has 0 unspecified atom stereocenters. The topological polar surface area (TPSA) is 59.4 Å². The molecule has 0 aliphatic carbocycles. The van der Waals surface area contributed by atoms with Crippen LogP contribution in [0.1, 0.15) is 10.5 Å². The zero-order valence-corrected chi connectivity index (χ0v) is 12.4. The highest BCUT2D eigenvalue weighted by Crippen LogP contribution is 2.35. The van der Waals surface area contributed by atoms with Crippen molar-refractivity contribution in [2.45, 2.75) is 0 Å². The summed E-state index contributed by atoms with van der Waals surface area (Å²) in [5.74, 6) is -0.0346. The van der Waals surface area contributed by atoms with Crippen LogP contribution in [0.15, 0.2) is 59.2 Å². The van der Waals surface area contributed by atoms with Crippen LogP contribution >= 0.6 is 15.9 Å². The summed E-state index contributed by atoms with van der Waals surface area (Å²) in [6.07, 6.45) is 1.41. The van der Waals surface area contributed by atoms with E-state index in [0.717, 1.165) is 15.2 Å². The average molecular weight is 344 g/mol. The Bertz CT molecular complexity index is 833. The smallest absolute Gasteiger partial charge is 0.354 e. The Balaban J connectivity index is 2.00. The number of carboxylic acids is 1. The van der Waals surface area contributed by atoms with Crippen molar-refractivity contribution >= 4 is 32.7 Å². The molecule has 0 saturated carbocycles. The molecule has 3 rings (SSSR count). The van der Waals surface area contributed by atoms with Crippen LogP contribution in [-0.2, 0) is 0 Å². The zero-order valence-electron chi connectivity index (χ0n) is 10.8. The third kappa shape index (κ3) is 2.73. The lowest BCUT2D eigenvalue weighted by molar-refractivity contribution is 0.0690. The van der Waals surface area contributed by atoms with Crippen molar-refractivity contribution in [1.82, 2.24) is 4.98 Å². The van der Waals surface area contributed by atoms with Crippen LogP contribution in [0.3, 0.4) is 0 Å². The largest absolute Gasteiger partial charge is 0.477 e. The lowest BCUT2D eigenvalue weighted by Crippen LogP contribution is -1.99. The number of ether oxygens (including phenoxy) is 1. The van der Waals surface area contributed by atoms with Gasteiger partial charge in [0, 0.05) is 12.3 Å². The van der Waals surface area contributed by atoms with Crippen molar-refractivity contribution in [1.29, 1.82) is 0 Å². The molecule has 0 atom stereocenters. The normalized spacial score (nSPS) is 10.5. The van der Waals surface area contributed by atoms with Crippen molar-refractivity contribution in [3.8, 4) is 11.5 Å². The number of rotatable bonds is 3. The van der Waals surface area contributed by atoms with Gasteiger partial charge in [-0.3, -0.25) is 0 Å². The molecular weight excluding hydrogens is 334 g/mol. The van der Waals surface area contributed by atoms with Gasteiger partial charge in [-0.05, 0) is 38.8 Å². The standard InChI is InChI=1S/C16H10BrNO3/c17-15-12-4-2-1-3-10(12)5-6-14(15)21-11-7-8-18-13(9-11)16(19)20/h1-9H,(H,19,20). The van der Waals surface area contributed by atoms with E-state index in [1.54, 1.807) is 6.07 Å². The monoisotopic (exact) mass is 343 g/mol. The van der Waals surface area contributed by atoms with Crippen LogP contribution in [0.5, 0.6) is 11.5 Å². The number of halogens is 1. The minimum atomic E-state index is -1.09. The Kier molecular flexibility index (Phi) is 3.58. The predicted molar refractivity (Wildman–Crippen MR) is 82.9 cm³/mol. The van der Waals surface area contributed by atoms with E-state index < -0.39 is 5.97 Å². The molecule has 0 aliphatic heterocycles. The summed E-state index contributed by atoms with van der Waals surface area (Å²) in [5.41, 5.74) is -0.0515. The molecule has 21 heavy (non-hydrogen) atoms. The molecule has 4 nitrogen and oxygen atoms in total. The van der Waals surface area contributed by atoms with Gasteiger partial charge in [-0.25, -0.2) is 9.78 Å². The fourth-order valence-corrected chi connectivity index (χ4v) is 2.59. The van der Waals surface area contributed by atoms with Gasteiger partial charge in [0.25, 0.3) is 0 Å². The van der Waals surface area contributed by atoms with Crippen molar-refractivity contribution < 1.29 is 14.6 Å². The van der Waals surface area contributed by atoms with Gasteiger partial charge >= 0.3 is 5.97 Å². The Morgan fingerprint density at radius 1 is 1.14 bits per heavy atom. The number of carboxylic acid groups (broad SMARTS) is 1. The highest BCUT2D eigenvalue weighted by molar-refractivity contribution is 9.10. The van der Waals surface area contributed by atoms with Gasteiger partial charge in [-0.15, -0.1) is 0 Å². The van der Waals surface area contributed by atoms with Crippen LogP contribution in [0, 0.1) is 0 Å². The molecule has 104 valence electrons. The number of carbonyl (C=O) groups is 1. The number of benzene rings is 2. The molecule has 0 amide bonds. The Hall–Kier alpha value is -2.40. The SMILES string of the molecule is O=C(O)c1cc(Oc2ccc3ccccc3c2Br)ccn1. The summed E-state index contributed by atoms with van der Waals surface area (Å²) in [4.78, 5) is 14.7. The van der Waals surface area contributed by atoms with Crippen LogP contribution in [0.2, 0.25) is 0 Å². The number of nitrogens with zero attached hydrogens (tertiary/aromatic N) is 1. The van der Waals surface area contributed by atoms with Gasteiger partial charge in [0.1, 0.15) is 11.5 Å². The molecule has 0 saturated heterocycles. The van der Waals surface area contributed by atoms with E-state index in [-0.39, 0.29) is 5.69 Å². The first-order valence-corrected chi connectivity index (χ1v) is 6.99. The van der Waals surface area contributed by atoms with Crippen LogP contribution in [-0.4, -0.2) is 16.1 Å². The van der Waals surface area contributed by atoms with Crippen molar-refractivity contribution in [2.75, 3.05) is 0 Å². The van der Waals surface area contributed by atoms with E-state index in [9.17, 15) is 4.79 Å². The molecule has 0 bridgehead atoms. The quantitative estimate of drug-likeness (QED) is 0.761. The van der Waals surface area contributed by atoms with Crippen molar-refractivity contribution in [3.63, 3.8) is 0 Å². The lowest BCUT2D eigenvalue weighted by atomic mass is 10.1. The van der Waals surface area contributed by atoms with Gasteiger partial charge in [0.05, 0.1) is 4.47 Å². The second-order valence-electron chi connectivity index (χ2n) is 4.38. The predicted octanol–water partition coefficient (Wildman–Crippen LogP) is 4.49. The molecule has 5 heteroatoms.